The van der Waals surface area contributed by atoms with Crippen molar-refractivity contribution in [1.82, 2.24) is 0 Å². The first-order valence-corrected chi connectivity index (χ1v) is 2.47. The summed E-state index contributed by atoms with van der Waals surface area (Å²) in [4.78, 5) is 9.72. The molecule has 1 atom stereocenters. The van der Waals surface area contributed by atoms with Gasteiger partial charge >= 0.3 is 0 Å². The van der Waals surface area contributed by atoms with Gasteiger partial charge in [-0.2, -0.15) is 0 Å². The van der Waals surface area contributed by atoms with E-state index >= 15 is 0 Å². The summed E-state index contributed by atoms with van der Waals surface area (Å²) >= 11 is 0. The van der Waals surface area contributed by atoms with Crippen molar-refractivity contribution < 1.29 is 9.90 Å². The van der Waals surface area contributed by atoms with Crippen LogP contribution in [0.3, 0.4) is 0 Å². The summed E-state index contributed by atoms with van der Waals surface area (Å²) in [7, 11) is 0. The molecule has 0 aromatic rings. The van der Waals surface area contributed by atoms with Gasteiger partial charge in [-0.1, -0.05) is 13.5 Å². The van der Waals surface area contributed by atoms with Crippen LogP contribution < -0.4 is 0 Å². The Kier molecular flexibility index (Phi) is 3.12. The summed E-state index contributed by atoms with van der Waals surface area (Å²) in [5.74, 6) is 0. The number of aliphatic hydroxyl groups excluding tert-OH is 1. The van der Waals surface area contributed by atoms with Crippen molar-refractivity contribution in [3.63, 3.8) is 0 Å². The number of rotatable bonds is 3. The molecule has 2 heteroatoms. The second-order valence-electron chi connectivity index (χ2n) is 1.55. The molecule has 45 valence electrons. The van der Waals surface area contributed by atoms with Crippen LogP contribution in [0.1, 0.15) is 13.3 Å². The average molecular weight is 113 g/mol. The normalized spacial score (nSPS) is 12.8. The van der Waals surface area contributed by atoms with Crippen molar-refractivity contribution in [2.75, 3.05) is 0 Å². The van der Waals surface area contributed by atoms with Crippen LogP contribution in [0.2, 0.25) is 0 Å². The minimum atomic E-state index is -0.701. The Morgan fingerprint density at radius 3 is 2.62 bits per heavy atom. The fourth-order valence-corrected chi connectivity index (χ4v) is 0.314. The second kappa shape index (κ2) is 3.38. The largest absolute Gasteiger partial charge is 0.388 e. The predicted octanol–water partition coefficient (Wildman–Crippen LogP) is 0.423. The van der Waals surface area contributed by atoms with Gasteiger partial charge in [0, 0.05) is 5.57 Å². The highest BCUT2D eigenvalue weighted by Crippen LogP contribution is 1.98. The third kappa shape index (κ3) is 1.89. The summed E-state index contributed by atoms with van der Waals surface area (Å²) in [6.45, 7) is 5.04. The lowest BCUT2D eigenvalue weighted by molar-refractivity contribution is 0.212. The molecule has 0 heterocycles. The van der Waals surface area contributed by atoms with E-state index in [9.17, 15) is 4.79 Å². The van der Waals surface area contributed by atoms with Gasteiger partial charge in [-0.3, -0.25) is 4.79 Å². The molecule has 0 aliphatic rings. The van der Waals surface area contributed by atoms with Gasteiger partial charge in [0.1, 0.15) is 0 Å². The Morgan fingerprint density at radius 1 is 2.00 bits per heavy atom. The van der Waals surface area contributed by atoms with Crippen LogP contribution in [0, 0.1) is 0 Å². The Balaban J connectivity index is 3.62. The van der Waals surface area contributed by atoms with Crippen LogP contribution in [0.25, 0.3) is 0 Å². The highest BCUT2D eigenvalue weighted by atomic mass is 16.3. The molecule has 0 aliphatic carbocycles. The highest BCUT2D eigenvalue weighted by molar-refractivity contribution is 5.74. The molecule has 0 aliphatic heterocycles. The lowest BCUT2D eigenvalue weighted by atomic mass is 10.1. The predicted molar refractivity (Wildman–Crippen MR) is 31.1 cm³/mol. The Bertz CT molecular complexity index is 96.7. The molecule has 0 aromatic heterocycles. The molecule has 8 heavy (non-hydrogen) atoms. The second-order valence-corrected chi connectivity index (χ2v) is 1.55. The molecule has 1 radical (unpaired) electrons. The summed E-state index contributed by atoms with van der Waals surface area (Å²) < 4.78 is 0. The molecule has 0 saturated carbocycles. The summed E-state index contributed by atoms with van der Waals surface area (Å²) in [5, 5.41) is 8.76. The number of carbonyl (C=O) groups excluding carboxylic acids is 1. The van der Waals surface area contributed by atoms with Crippen LogP contribution in [-0.4, -0.2) is 17.5 Å². The van der Waals surface area contributed by atoms with Gasteiger partial charge in [0.05, 0.1) is 6.10 Å². The van der Waals surface area contributed by atoms with Gasteiger partial charge in [0.25, 0.3) is 0 Å². The maximum absolute atomic E-state index is 9.72. The fourth-order valence-electron chi connectivity index (χ4n) is 0.314. The van der Waals surface area contributed by atoms with E-state index in [-0.39, 0.29) is 5.57 Å². The van der Waals surface area contributed by atoms with Crippen molar-refractivity contribution >= 4 is 6.29 Å². The van der Waals surface area contributed by atoms with Gasteiger partial charge in [0.2, 0.25) is 6.29 Å². The van der Waals surface area contributed by atoms with Crippen molar-refractivity contribution in [2.24, 2.45) is 0 Å². The van der Waals surface area contributed by atoms with Crippen LogP contribution in [0.15, 0.2) is 12.2 Å². The SMILES string of the molecule is C=C([C]=O)C(O)CC. The maximum atomic E-state index is 9.72. The van der Waals surface area contributed by atoms with Crippen LogP contribution >= 0.6 is 0 Å². The standard InChI is InChI=1S/C6H9O2/c1-3-6(8)5(2)4-7/h6,8H,2-3H2,1H3. The van der Waals surface area contributed by atoms with E-state index in [1.807, 2.05) is 0 Å². The topological polar surface area (TPSA) is 37.3 Å². The van der Waals surface area contributed by atoms with E-state index in [1.54, 1.807) is 6.92 Å². The summed E-state index contributed by atoms with van der Waals surface area (Å²) in [6, 6.07) is 0. The number of hydrogen-bond donors (Lipinski definition) is 1. The smallest absolute Gasteiger partial charge is 0.231 e. The van der Waals surface area contributed by atoms with E-state index in [0.717, 1.165) is 0 Å². The first kappa shape index (κ1) is 7.37. The van der Waals surface area contributed by atoms with Crippen LogP contribution in [0.4, 0.5) is 0 Å². The van der Waals surface area contributed by atoms with Gasteiger partial charge in [-0.15, -0.1) is 0 Å². The minimum Gasteiger partial charge on any atom is -0.388 e. The summed E-state index contributed by atoms with van der Waals surface area (Å²) in [6.07, 6.45) is 1.34. The molecule has 1 unspecified atom stereocenters. The molecule has 1 N–H and O–H groups in total. The van der Waals surface area contributed by atoms with Crippen molar-refractivity contribution in [3.8, 4) is 0 Å². The van der Waals surface area contributed by atoms with Crippen molar-refractivity contribution in [2.45, 2.75) is 19.4 Å². The van der Waals surface area contributed by atoms with Crippen LogP contribution in [-0.2, 0) is 4.79 Å². The van der Waals surface area contributed by atoms with E-state index < -0.39 is 6.10 Å². The molecule has 0 amide bonds. The highest BCUT2D eigenvalue weighted by Gasteiger charge is 2.03. The quantitative estimate of drug-likeness (QED) is 0.539. The first-order valence-electron chi connectivity index (χ1n) is 2.47. The molecular weight excluding hydrogens is 104 g/mol. The summed E-state index contributed by atoms with van der Waals surface area (Å²) in [5.41, 5.74) is 0.132. The molecule has 0 fully saturated rings. The first-order chi connectivity index (χ1) is 3.72. The fraction of sp³-hybridized carbons (Fsp3) is 0.500. The molecule has 0 spiro atoms. The van der Waals surface area contributed by atoms with Gasteiger partial charge < -0.3 is 5.11 Å². The Hall–Kier alpha value is -0.630. The monoisotopic (exact) mass is 113 g/mol. The van der Waals surface area contributed by atoms with E-state index in [2.05, 4.69) is 6.58 Å². The Labute approximate surface area is 48.8 Å². The molecule has 0 saturated heterocycles. The zero-order valence-electron chi connectivity index (χ0n) is 4.85. The maximum Gasteiger partial charge on any atom is 0.231 e. The average Bonchev–Trinajstić information content (AvgIpc) is 1.84. The Morgan fingerprint density at radius 2 is 2.50 bits per heavy atom. The zero-order chi connectivity index (χ0) is 6.57. The zero-order valence-corrected chi connectivity index (χ0v) is 4.85. The minimum absolute atomic E-state index is 0.132. The lowest BCUT2D eigenvalue weighted by Gasteiger charge is -2.01. The van der Waals surface area contributed by atoms with Crippen LogP contribution in [0.5, 0.6) is 0 Å². The van der Waals surface area contributed by atoms with Gasteiger partial charge in [-0.05, 0) is 6.42 Å². The molecular formula is C6H9O2. The third-order valence-electron chi connectivity index (χ3n) is 0.920. The number of hydrogen-bond acceptors (Lipinski definition) is 2. The van der Waals surface area contributed by atoms with E-state index in [0.29, 0.717) is 6.42 Å². The lowest BCUT2D eigenvalue weighted by Crippen LogP contribution is -2.07. The molecule has 0 rings (SSSR count). The molecule has 0 aromatic carbocycles. The molecule has 0 bridgehead atoms. The van der Waals surface area contributed by atoms with Gasteiger partial charge in [0.15, 0.2) is 0 Å². The van der Waals surface area contributed by atoms with Crippen molar-refractivity contribution in [1.29, 1.82) is 0 Å². The van der Waals surface area contributed by atoms with Gasteiger partial charge in [-0.25, -0.2) is 0 Å². The third-order valence-corrected chi connectivity index (χ3v) is 0.920. The van der Waals surface area contributed by atoms with Crippen molar-refractivity contribution in [3.05, 3.63) is 12.2 Å². The number of aliphatic hydroxyl groups is 1. The molecule has 2 nitrogen and oxygen atoms in total. The van der Waals surface area contributed by atoms with E-state index in [4.69, 9.17) is 5.11 Å². The van der Waals surface area contributed by atoms with E-state index in [1.165, 1.54) is 6.29 Å².